The number of imidazole rings is 1. The summed E-state index contributed by atoms with van der Waals surface area (Å²) in [5, 5.41) is 0.133. The number of nitrogens with zero attached hydrogens (tertiary/aromatic N) is 5. The lowest BCUT2D eigenvalue weighted by Gasteiger charge is -2.33. The van der Waals surface area contributed by atoms with Crippen LogP contribution in [0.1, 0.15) is 75.6 Å². The fourth-order valence-corrected chi connectivity index (χ4v) is 5.78. The maximum absolute atomic E-state index is 13.8. The Bertz CT molecular complexity index is 1180. The molecule has 192 valence electrons. The summed E-state index contributed by atoms with van der Waals surface area (Å²) >= 11 is 6.09. The minimum atomic E-state index is -0.403. The van der Waals surface area contributed by atoms with Gasteiger partial charge in [-0.1, -0.05) is 50.6 Å². The van der Waals surface area contributed by atoms with E-state index in [1.807, 2.05) is 0 Å². The molecule has 3 aromatic rings. The summed E-state index contributed by atoms with van der Waals surface area (Å²) in [5.41, 5.74) is 8.87. The number of halogens is 2. The van der Waals surface area contributed by atoms with Crippen LogP contribution in [0.3, 0.4) is 0 Å². The SMILES string of the molecule is CCc1c(N)ncnc1N1CCC(c2nc(-c3ccc(F)c(Cl)c3)cn2CCCCC2CCC2)CC1. The van der Waals surface area contributed by atoms with Crippen LogP contribution in [0.15, 0.2) is 30.7 Å². The van der Waals surface area contributed by atoms with E-state index in [4.69, 9.17) is 22.3 Å². The summed E-state index contributed by atoms with van der Waals surface area (Å²) in [6.07, 6.45) is 14.5. The average Bonchev–Trinajstić information content (AvgIpc) is 3.28. The smallest absolute Gasteiger partial charge is 0.141 e. The third kappa shape index (κ3) is 5.36. The second-order valence-electron chi connectivity index (χ2n) is 10.3. The van der Waals surface area contributed by atoms with Crippen LogP contribution in [0.5, 0.6) is 0 Å². The molecule has 0 spiro atoms. The van der Waals surface area contributed by atoms with Crippen molar-refractivity contribution in [1.29, 1.82) is 0 Å². The van der Waals surface area contributed by atoms with Gasteiger partial charge in [0.2, 0.25) is 0 Å². The van der Waals surface area contributed by atoms with Crippen LogP contribution in [0, 0.1) is 11.7 Å². The molecule has 0 unspecified atom stereocenters. The lowest BCUT2D eigenvalue weighted by atomic mass is 9.82. The highest BCUT2D eigenvalue weighted by Crippen LogP contribution is 2.35. The molecule has 1 aliphatic carbocycles. The van der Waals surface area contributed by atoms with Crippen LogP contribution in [-0.2, 0) is 13.0 Å². The minimum Gasteiger partial charge on any atom is -0.383 e. The van der Waals surface area contributed by atoms with Crippen molar-refractivity contribution in [2.45, 2.75) is 77.2 Å². The second-order valence-corrected chi connectivity index (χ2v) is 10.7. The van der Waals surface area contributed by atoms with E-state index in [-0.39, 0.29) is 5.02 Å². The Morgan fingerprint density at radius 2 is 1.92 bits per heavy atom. The molecule has 6 nitrogen and oxygen atoms in total. The number of hydrogen-bond acceptors (Lipinski definition) is 5. The van der Waals surface area contributed by atoms with Gasteiger partial charge in [0.15, 0.2) is 0 Å². The fourth-order valence-electron chi connectivity index (χ4n) is 5.60. The molecule has 8 heteroatoms. The Morgan fingerprint density at radius 3 is 2.61 bits per heavy atom. The van der Waals surface area contributed by atoms with Crippen molar-refractivity contribution in [2.75, 3.05) is 23.7 Å². The van der Waals surface area contributed by atoms with E-state index >= 15 is 0 Å². The van der Waals surface area contributed by atoms with E-state index in [1.165, 1.54) is 38.2 Å². The topological polar surface area (TPSA) is 72.9 Å². The Balaban J connectivity index is 1.32. The zero-order chi connectivity index (χ0) is 25.1. The predicted octanol–water partition coefficient (Wildman–Crippen LogP) is 6.63. The number of nitrogens with two attached hydrogens (primary N) is 1. The highest BCUT2D eigenvalue weighted by atomic mass is 35.5. The molecule has 2 N–H and O–H groups in total. The van der Waals surface area contributed by atoms with E-state index in [1.54, 1.807) is 18.5 Å². The predicted molar refractivity (Wildman–Crippen MR) is 144 cm³/mol. The van der Waals surface area contributed by atoms with Crippen molar-refractivity contribution in [1.82, 2.24) is 19.5 Å². The molecule has 36 heavy (non-hydrogen) atoms. The van der Waals surface area contributed by atoms with E-state index < -0.39 is 5.82 Å². The monoisotopic (exact) mass is 510 g/mol. The van der Waals surface area contributed by atoms with E-state index in [0.717, 1.165) is 79.7 Å². The maximum atomic E-state index is 13.8. The van der Waals surface area contributed by atoms with Crippen LogP contribution in [0.2, 0.25) is 5.02 Å². The molecule has 0 amide bonds. The zero-order valence-corrected chi connectivity index (χ0v) is 21.9. The first-order chi connectivity index (χ1) is 17.5. The number of nitrogen functional groups attached to an aromatic ring is 1. The lowest BCUT2D eigenvalue weighted by molar-refractivity contribution is 0.285. The summed E-state index contributed by atoms with van der Waals surface area (Å²) in [5.74, 6) is 3.57. The molecule has 1 aliphatic heterocycles. The highest BCUT2D eigenvalue weighted by molar-refractivity contribution is 6.31. The largest absolute Gasteiger partial charge is 0.383 e. The van der Waals surface area contributed by atoms with Crippen molar-refractivity contribution in [3.05, 3.63) is 53.0 Å². The zero-order valence-electron chi connectivity index (χ0n) is 21.1. The molecule has 2 aromatic heterocycles. The number of unbranched alkanes of at least 4 members (excludes halogenated alkanes) is 1. The summed E-state index contributed by atoms with van der Waals surface area (Å²) < 4.78 is 16.1. The molecular weight excluding hydrogens is 475 g/mol. The molecule has 0 radical (unpaired) electrons. The van der Waals surface area contributed by atoms with Gasteiger partial charge in [-0.2, -0.15) is 0 Å². The highest BCUT2D eigenvalue weighted by Gasteiger charge is 2.27. The van der Waals surface area contributed by atoms with Crippen molar-refractivity contribution >= 4 is 23.2 Å². The van der Waals surface area contributed by atoms with Gasteiger partial charge >= 0.3 is 0 Å². The summed E-state index contributed by atoms with van der Waals surface area (Å²) in [6, 6.07) is 4.87. The number of aromatic nitrogens is 4. The van der Waals surface area contributed by atoms with Gasteiger partial charge in [0.1, 0.15) is 29.6 Å². The van der Waals surface area contributed by atoms with Gasteiger partial charge in [0.25, 0.3) is 0 Å². The van der Waals surface area contributed by atoms with Crippen LogP contribution < -0.4 is 10.6 Å². The summed E-state index contributed by atoms with van der Waals surface area (Å²) in [4.78, 5) is 16.1. The Kier molecular flexibility index (Phi) is 7.75. The second kappa shape index (κ2) is 11.2. The van der Waals surface area contributed by atoms with Crippen LogP contribution in [0.25, 0.3) is 11.3 Å². The van der Waals surface area contributed by atoms with Gasteiger partial charge in [0.05, 0.1) is 10.7 Å². The van der Waals surface area contributed by atoms with Gasteiger partial charge in [-0.05, 0) is 49.8 Å². The Morgan fingerprint density at radius 1 is 1.11 bits per heavy atom. The van der Waals surface area contributed by atoms with Gasteiger partial charge in [-0.15, -0.1) is 0 Å². The molecule has 1 aromatic carbocycles. The van der Waals surface area contributed by atoms with E-state index in [2.05, 4.69) is 32.6 Å². The van der Waals surface area contributed by atoms with E-state index in [9.17, 15) is 4.39 Å². The third-order valence-corrected chi connectivity index (χ3v) is 8.27. The van der Waals surface area contributed by atoms with E-state index in [0.29, 0.717) is 11.7 Å². The molecular formula is C28H36ClFN6. The third-order valence-electron chi connectivity index (χ3n) is 7.98. The number of piperidine rings is 1. The molecule has 3 heterocycles. The molecule has 1 saturated heterocycles. The molecule has 5 rings (SSSR count). The van der Waals surface area contributed by atoms with Crippen LogP contribution >= 0.6 is 11.6 Å². The van der Waals surface area contributed by atoms with Crippen molar-refractivity contribution in [3.63, 3.8) is 0 Å². The number of rotatable bonds is 9. The lowest BCUT2D eigenvalue weighted by Crippen LogP contribution is -2.35. The van der Waals surface area contributed by atoms with Gasteiger partial charge in [-0.3, -0.25) is 0 Å². The first kappa shape index (κ1) is 25.0. The molecule has 2 fully saturated rings. The standard InChI is InChI=1S/C28H36ClFN6/c1-2-22-26(31)32-18-33-28(22)35-14-11-20(12-15-35)27-34-25(21-9-10-24(30)23(29)16-21)17-36(27)13-4-3-6-19-7-5-8-19/h9-10,16-20H,2-8,11-15H2,1H3,(H2,31,32,33). The van der Waals surface area contributed by atoms with Gasteiger partial charge < -0.3 is 15.2 Å². The maximum Gasteiger partial charge on any atom is 0.141 e. The quantitative estimate of drug-likeness (QED) is 0.327. The number of hydrogen-bond donors (Lipinski definition) is 1. The number of benzene rings is 1. The first-order valence-corrected chi connectivity index (χ1v) is 13.8. The normalized spacial score (nSPS) is 16.9. The first-order valence-electron chi connectivity index (χ1n) is 13.4. The van der Waals surface area contributed by atoms with Crippen molar-refractivity contribution in [2.24, 2.45) is 5.92 Å². The number of aryl methyl sites for hydroxylation is 1. The van der Waals surface area contributed by atoms with Gasteiger partial charge in [-0.25, -0.2) is 19.3 Å². The van der Waals surface area contributed by atoms with Crippen LogP contribution in [-0.4, -0.2) is 32.6 Å². The molecule has 2 aliphatic rings. The Hall–Kier alpha value is -2.67. The minimum absolute atomic E-state index is 0.133. The van der Waals surface area contributed by atoms with Crippen molar-refractivity contribution in [3.8, 4) is 11.3 Å². The Labute approximate surface area is 218 Å². The summed E-state index contributed by atoms with van der Waals surface area (Å²) in [6.45, 7) is 4.86. The molecule has 0 bridgehead atoms. The number of anilines is 2. The van der Waals surface area contributed by atoms with Gasteiger partial charge in [0, 0.05) is 42.9 Å². The molecule has 1 saturated carbocycles. The summed E-state index contributed by atoms with van der Waals surface area (Å²) in [7, 11) is 0. The van der Waals surface area contributed by atoms with Crippen LogP contribution in [0.4, 0.5) is 16.0 Å². The average molecular weight is 511 g/mol. The molecule has 0 atom stereocenters. The fraction of sp³-hybridized carbons (Fsp3) is 0.536. The van der Waals surface area contributed by atoms with Crippen molar-refractivity contribution < 1.29 is 4.39 Å².